The van der Waals surface area contributed by atoms with E-state index < -0.39 is 0 Å². The molecule has 2 saturated heterocycles. The predicted octanol–water partition coefficient (Wildman–Crippen LogP) is 2.58. The molecule has 1 amide bonds. The van der Waals surface area contributed by atoms with Crippen molar-refractivity contribution >= 4 is 17.7 Å². The molecule has 1 N–H and O–H groups in total. The standard InChI is InChI=1S/C12H21NOS/c1-2-3-4-5-6-10-12-9(8-15-10)7-11(14)13-12/h9-10,12H,2-8H2,1H3,(H,13,14). The fraction of sp³-hybridized carbons (Fsp3) is 0.917. The molecule has 2 fully saturated rings. The maximum atomic E-state index is 11.3. The monoisotopic (exact) mass is 227 g/mol. The van der Waals surface area contributed by atoms with Crippen molar-refractivity contribution in [2.45, 2.75) is 56.7 Å². The predicted molar refractivity (Wildman–Crippen MR) is 65.0 cm³/mol. The number of fused-ring (bicyclic) bond motifs is 1. The van der Waals surface area contributed by atoms with E-state index in [1.165, 1.54) is 37.9 Å². The van der Waals surface area contributed by atoms with Crippen molar-refractivity contribution in [3.8, 4) is 0 Å². The van der Waals surface area contributed by atoms with Gasteiger partial charge in [-0.05, 0) is 18.1 Å². The van der Waals surface area contributed by atoms with E-state index in [1.54, 1.807) is 0 Å². The Morgan fingerprint density at radius 1 is 1.40 bits per heavy atom. The first kappa shape index (κ1) is 11.3. The fourth-order valence-corrected chi connectivity index (χ4v) is 4.32. The van der Waals surface area contributed by atoms with Gasteiger partial charge in [-0.3, -0.25) is 4.79 Å². The largest absolute Gasteiger partial charge is 0.352 e. The van der Waals surface area contributed by atoms with Crippen molar-refractivity contribution in [2.24, 2.45) is 5.92 Å². The Morgan fingerprint density at radius 3 is 3.07 bits per heavy atom. The van der Waals surface area contributed by atoms with Crippen LogP contribution in [0.5, 0.6) is 0 Å². The number of amides is 1. The molecule has 2 heterocycles. The van der Waals surface area contributed by atoms with Crippen LogP contribution in [-0.2, 0) is 4.79 Å². The minimum Gasteiger partial charge on any atom is -0.352 e. The summed E-state index contributed by atoms with van der Waals surface area (Å²) in [6, 6.07) is 0.504. The van der Waals surface area contributed by atoms with Crippen LogP contribution in [0.3, 0.4) is 0 Å². The van der Waals surface area contributed by atoms with E-state index in [0.717, 1.165) is 6.42 Å². The number of nitrogens with one attached hydrogen (secondary N) is 1. The van der Waals surface area contributed by atoms with E-state index in [-0.39, 0.29) is 5.91 Å². The van der Waals surface area contributed by atoms with Crippen LogP contribution in [-0.4, -0.2) is 23.0 Å². The van der Waals surface area contributed by atoms with Gasteiger partial charge < -0.3 is 5.32 Å². The first-order valence-corrected chi connectivity index (χ1v) is 7.27. The zero-order chi connectivity index (χ0) is 10.7. The van der Waals surface area contributed by atoms with Crippen LogP contribution in [0.2, 0.25) is 0 Å². The molecule has 0 saturated carbocycles. The number of thioether (sulfide) groups is 1. The first-order chi connectivity index (χ1) is 7.31. The van der Waals surface area contributed by atoms with Crippen LogP contribution in [0.1, 0.15) is 45.4 Å². The summed E-state index contributed by atoms with van der Waals surface area (Å²) >= 11 is 2.08. The summed E-state index contributed by atoms with van der Waals surface area (Å²) in [7, 11) is 0. The molecule has 0 aromatic carbocycles. The summed E-state index contributed by atoms with van der Waals surface area (Å²) in [5.41, 5.74) is 0. The lowest BCUT2D eigenvalue weighted by Crippen LogP contribution is -2.34. The van der Waals surface area contributed by atoms with Crippen molar-refractivity contribution in [3.63, 3.8) is 0 Å². The van der Waals surface area contributed by atoms with Crippen LogP contribution < -0.4 is 5.32 Å². The van der Waals surface area contributed by atoms with E-state index in [1.807, 2.05) is 0 Å². The summed E-state index contributed by atoms with van der Waals surface area (Å²) in [5, 5.41) is 3.85. The third kappa shape index (κ3) is 2.68. The quantitative estimate of drug-likeness (QED) is 0.731. The Balaban J connectivity index is 1.72. The molecule has 2 aliphatic rings. The van der Waals surface area contributed by atoms with Gasteiger partial charge >= 0.3 is 0 Å². The number of rotatable bonds is 5. The molecule has 3 unspecified atom stereocenters. The Morgan fingerprint density at radius 2 is 2.27 bits per heavy atom. The SMILES string of the molecule is CCCCCCC1SCC2CC(=O)NC21. The van der Waals surface area contributed by atoms with Crippen LogP contribution in [0.25, 0.3) is 0 Å². The highest BCUT2D eigenvalue weighted by Crippen LogP contribution is 2.39. The Kier molecular flexibility index (Phi) is 3.95. The molecule has 86 valence electrons. The highest BCUT2D eigenvalue weighted by Gasteiger charge is 2.42. The van der Waals surface area contributed by atoms with Crippen molar-refractivity contribution in [1.82, 2.24) is 5.32 Å². The molecule has 15 heavy (non-hydrogen) atoms. The molecule has 0 radical (unpaired) electrons. The highest BCUT2D eigenvalue weighted by molar-refractivity contribution is 8.00. The average molecular weight is 227 g/mol. The molecule has 0 spiro atoms. The molecule has 2 rings (SSSR count). The second-order valence-corrected chi connectivity index (χ2v) is 6.05. The van der Waals surface area contributed by atoms with Gasteiger partial charge in [0.25, 0.3) is 0 Å². The fourth-order valence-electron chi connectivity index (χ4n) is 2.67. The van der Waals surface area contributed by atoms with Gasteiger partial charge in [-0.15, -0.1) is 0 Å². The summed E-state index contributed by atoms with van der Waals surface area (Å²) < 4.78 is 0. The van der Waals surface area contributed by atoms with Gasteiger partial charge in [0.1, 0.15) is 0 Å². The van der Waals surface area contributed by atoms with Gasteiger partial charge in [-0.1, -0.05) is 32.6 Å². The van der Waals surface area contributed by atoms with Crippen LogP contribution in [0.4, 0.5) is 0 Å². The van der Waals surface area contributed by atoms with Crippen molar-refractivity contribution in [1.29, 1.82) is 0 Å². The zero-order valence-corrected chi connectivity index (χ0v) is 10.3. The molecule has 2 nitrogen and oxygen atoms in total. The molecule has 0 aliphatic carbocycles. The van der Waals surface area contributed by atoms with Crippen molar-refractivity contribution in [2.75, 3.05) is 5.75 Å². The van der Waals surface area contributed by atoms with Gasteiger partial charge in [0.2, 0.25) is 5.91 Å². The highest BCUT2D eigenvalue weighted by atomic mass is 32.2. The lowest BCUT2D eigenvalue weighted by atomic mass is 9.97. The Labute approximate surface area is 96.6 Å². The minimum absolute atomic E-state index is 0.281. The van der Waals surface area contributed by atoms with E-state index in [0.29, 0.717) is 17.2 Å². The lowest BCUT2D eigenvalue weighted by molar-refractivity contribution is -0.119. The van der Waals surface area contributed by atoms with E-state index in [9.17, 15) is 4.79 Å². The smallest absolute Gasteiger partial charge is 0.220 e. The molecular weight excluding hydrogens is 206 g/mol. The average Bonchev–Trinajstić information content (AvgIpc) is 2.73. The van der Waals surface area contributed by atoms with Gasteiger partial charge in [0.15, 0.2) is 0 Å². The molecular formula is C12H21NOS. The van der Waals surface area contributed by atoms with Crippen LogP contribution >= 0.6 is 11.8 Å². The zero-order valence-electron chi connectivity index (χ0n) is 9.50. The Hall–Kier alpha value is -0.180. The number of carbonyl (C=O) groups is 1. The minimum atomic E-state index is 0.281. The summed E-state index contributed by atoms with van der Waals surface area (Å²) in [6.07, 6.45) is 7.44. The van der Waals surface area contributed by atoms with Crippen LogP contribution in [0, 0.1) is 5.92 Å². The van der Waals surface area contributed by atoms with Gasteiger partial charge in [-0.25, -0.2) is 0 Å². The van der Waals surface area contributed by atoms with Gasteiger partial charge in [0.05, 0.1) is 0 Å². The normalized spacial score (nSPS) is 34.2. The summed E-state index contributed by atoms with van der Waals surface area (Å²) in [5.74, 6) is 2.12. The molecule has 0 aromatic rings. The van der Waals surface area contributed by atoms with Crippen LogP contribution in [0.15, 0.2) is 0 Å². The number of unbranched alkanes of at least 4 members (excludes halogenated alkanes) is 3. The van der Waals surface area contributed by atoms with Gasteiger partial charge in [-0.2, -0.15) is 11.8 Å². The maximum Gasteiger partial charge on any atom is 0.220 e. The topological polar surface area (TPSA) is 29.1 Å². The number of carbonyl (C=O) groups excluding carboxylic acids is 1. The molecule has 0 bridgehead atoms. The van der Waals surface area contributed by atoms with E-state index in [4.69, 9.17) is 0 Å². The van der Waals surface area contributed by atoms with E-state index >= 15 is 0 Å². The van der Waals surface area contributed by atoms with Crippen molar-refractivity contribution < 1.29 is 4.79 Å². The Bertz CT molecular complexity index is 232. The second kappa shape index (κ2) is 5.24. The van der Waals surface area contributed by atoms with Crippen molar-refractivity contribution in [3.05, 3.63) is 0 Å². The summed E-state index contributed by atoms with van der Waals surface area (Å²) in [6.45, 7) is 2.25. The van der Waals surface area contributed by atoms with E-state index in [2.05, 4.69) is 24.0 Å². The number of hydrogen-bond donors (Lipinski definition) is 1. The maximum absolute atomic E-state index is 11.3. The summed E-state index contributed by atoms with van der Waals surface area (Å²) in [4.78, 5) is 11.3. The third-order valence-corrected chi connectivity index (χ3v) is 5.13. The van der Waals surface area contributed by atoms with Gasteiger partial charge in [0, 0.05) is 17.7 Å². The molecule has 0 aromatic heterocycles. The lowest BCUT2D eigenvalue weighted by Gasteiger charge is -2.17. The second-order valence-electron chi connectivity index (χ2n) is 4.78. The molecule has 3 heteroatoms. The number of hydrogen-bond acceptors (Lipinski definition) is 2. The molecule has 2 aliphatic heterocycles. The third-order valence-electron chi connectivity index (χ3n) is 3.55. The first-order valence-electron chi connectivity index (χ1n) is 6.22. The molecule has 3 atom stereocenters.